The monoisotopic (exact) mass is 338 g/mol. The molecule has 22 heavy (non-hydrogen) atoms. The SMILES string of the molecule is CC1CN(S(=O)(=O)c2ccccc2OC(F)(F)F)CC(C)N1. The fourth-order valence-electron chi connectivity index (χ4n) is 2.48. The fourth-order valence-corrected chi connectivity index (χ4v) is 4.22. The van der Waals surface area contributed by atoms with Crippen molar-refractivity contribution in [1.29, 1.82) is 0 Å². The molecule has 0 saturated carbocycles. The number of alkyl halides is 3. The number of nitrogens with zero attached hydrogens (tertiary/aromatic N) is 1. The van der Waals surface area contributed by atoms with E-state index in [-0.39, 0.29) is 25.2 Å². The zero-order valence-electron chi connectivity index (χ0n) is 12.1. The Labute approximate surface area is 127 Å². The first-order chi connectivity index (χ1) is 10.1. The van der Waals surface area contributed by atoms with E-state index in [0.717, 1.165) is 12.1 Å². The molecular formula is C13H17F3N2O3S. The van der Waals surface area contributed by atoms with E-state index in [9.17, 15) is 21.6 Å². The molecule has 1 heterocycles. The van der Waals surface area contributed by atoms with Gasteiger partial charge in [-0.15, -0.1) is 13.2 Å². The zero-order valence-corrected chi connectivity index (χ0v) is 12.9. The molecule has 0 bridgehead atoms. The summed E-state index contributed by atoms with van der Waals surface area (Å²) in [7, 11) is -4.06. The minimum atomic E-state index is -4.95. The van der Waals surface area contributed by atoms with E-state index in [1.807, 2.05) is 13.8 Å². The number of ether oxygens (including phenoxy) is 1. The quantitative estimate of drug-likeness (QED) is 0.915. The molecule has 0 radical (unpaired) electrons. The van der Waals surface area contributed by atoms with E-state index >= 15 is 0 Å². The Hall–Kier alpha value is -1.32. The summed E-state index contributed by atoms with van der Waals surface area (Å²) in [6, 6.07) is 4.60. The van der Waals surface area contributed by atoms with Crippen LogP contribution in [-0.4, -0.2) is 44.3 Å². The van der Waals surface area contributed by atoms with Crippen LogP contribution in [-0.2, 0) is 10.0 Å². The molecule has 124 valence electrons. The topological polar surface area (TPSA) is 58.6 Å². The maximum atomic E-state index is 12.6. The highest BCUT2D eigenvalue weighted by Gasteiger charge is 2.37. The number of hydrogen-bond acceptors (Lipinski definition) is 4. The number of nitrogens with one attached hydrogen (secondary N) is 1. The Bertz CT molecular complexity index is 624. The third-order valence-corrected chi connectivity index (χ3v) is 5.09. The minimum Gasteiger partial charge on any atom is -0.404 e. The highest BCUT2D eigenvalue weighted by atomic mass is 32.2. The molecule has 0 amide bonds. The molecule has 1 aliphatic rings. The normalized spacial score (nSPS) is 24.2. The molecule has 2 rings (SSSR count). The lowest BCUT2D eigenvalue weighted by Crippen LogP contribution is -2.55. The van der Waals surface area contributed by atoms with Crippen LogP contribution in [0.5, 0.6) is 5.75 Å². The van der Waals surface area contributed by atoms with E-state index in [4.69, 9.17) is 0 Å². The summed E-state index contributed by atoms with van der Waals surface area (Å²) < 4.78 is 67.6. The van der Waals surface area contributed by atoms with Crippen molar-refractivity contribution in [2.45, 2.75) is 37.2 Å². The molecule has 2 unspecified atom stereocenters. The summed E-state index contributed by atoms with van der Waals surface area (Å²) in [5.41, 5.74) is 0. The molecule has 1 N–H and O–H groups in total. The van der Waals surface area contributed by atoms with Gasteiger partial charge in [-0.1, -0.05) is 12.1 Å². The van der Waals surface area contributed by atoms with Gasteiger partial charge in [-0.05, 0) is 26.0 Å². The van der Waals surface area contributed by atoms with Crippen molar-refractivity contribution in [3.8, 4) is 5.75 Å². The summed E-state index contributed by atoms with van der Waals surface area (Å²) in [6.45, 7) is 4.01. The molecule has 1 fully saturated rings. The molecule has 1 aromatic carbocycles. The summed E-state index contributed by atoms with van der Waals surface area (Å²) in [5, 5.41) is 3.17. The van der Waals surface area contributed by atoms with Gasteiger partial charge in [0.2, 0.25) is 10.0 Å². The number of sulfonamides is 1. The van der Waals surface area contributed by atoms with E-state index in [2.05, 4.69) is 10.1 Å². The van der Waals surface area contributed by atoms with Crippen LogP contribution in [0.4, 0.5) is 13.2 Å². The second-order valence-corrected chi connectivity index (χ2v) is 7.19. The van der Waals surface area contributed by atoms with Gasteiger partial charge in [-0.25, -0.2) is 8.42 Å². The summed E-state index contributed by atoms with van der Waals surface area (Å²) in [4.78, 5) is -0.478. The Kier molecular flexibility index (Phi) is 4.69. The molecular weight excluding hydrogens is 321 g/mol. The van der Waals surface area contributed by atoms with E-state index in [1.165, 1.54) is 16.4 Å². The van der Waals surface area contributed by atoms with Crippen molar-refractivity contribution in [2.75, 3.05) is 13.1 Å². The number of rotatable bonds is 3. The van der Waals surface area contributed by atoms with Crippen LogP contribution in [0, 0.1) is 0 Å². The van der Waals surface area contributed by atoms with Crippen LogP contribution in [0.2, 0.25) is 0 Å². The van der Waals surface area contributed by atoms with Gasteiger partial charge in [0, 0.05) is 25.2 Å². The van der Waals surface area contributed by atoms with Crippen LogP contribution >= 0.6 is 0 Å². The van der Waals surface area contributed by atoms with Gasteiger partial charge in [0.05, 0.1) is 0 Å². The maximum Gasteiger partial charge on any atom is 0.573 e. The van der Waals surface area contributed by atoms with Crippen LogP contribution in [0.25, 0.3) is 0 Å². The van der Waals surface area contributed by atoms with Gasteiger partial charge in [-0.2, -0.15) is 4.31 Å². The van der Waals surface area contributed by atoms with Gasteiger partial charge in [-0.3, -0.25) is 0 Å². The number of hydrogen-bond donors (Lipinski definition) is 1. The molecule has 9 heteroatoms. The van der Waals surface area contributed by atoms with Crippen LogP contribution in [0.15, 0.2) is 29.2 Å². The molecule has 1 aliphatic heterocycles. The lowest BCUT2D eigenvalue weighted by Gasteiger charge is -2.35. The Balaban J connectivity index is 2.37. The molecule has 0 aliphatic carbocycles. The average molecular weight is 338 g/mol. The van der Waals surface area contributed by atoms with Crippen molar-refractivity contribution in [1.82, 2.24) is 9.62 Å². The fraction of sp³-hybridized carbons (Fsp3) is 0.538. The van der Waals surface area contributed by atoms with Crippen molar-refractivity contribution in [3.63, 3.8) is 0 Å². The standard InChI is InChI=1S/C13H17F3N2O3S/c1-9-7-18(8-10(2)17-9)22(19,20)12-6-4-3-5-11(12)21-13(14,15)16/h3-6,9-10,17H,7-8H2,1-2H3. The highest BCUT2D eigenvalue weighted by Crippen LogP contribution is 2.31. The largest absolute Gasteiger partial charge is 0.573 e. The first-order valence-corrected chi connectivity index (χ1v) is 8.14. The lowest BCUT2D eigenvalue weighted by molar-refractivity contribution is -0.275. The minimum absolute atomic E-state index is 0.0887. The van der Waals surface area contributed by atoms with Gasteiger partial charge in [0.15, 0.2) is 0 Å². The average Bonchev–Trinajstić information content (AvgIpc) is 2.36. The maximum absolute atomic E-state index is 12.6. The first-order valence-electron chi connectivity index (χ1n) is 6.70. The van der Waals surface area contributed by atoms with Crippen molar-refractivity contribution >= 4 is 10.0 Å². The number of benzene rings is 1. The predicted octanol–water partition coefficient (Wildman–Crippen LogP) is 1.96. The van der Waals surface area contributed by atoms with Gasteiger partial charge in [0.25, 0.3) is 0 Å². The third-order valence-electron chi connectivity index (χ3n) is 3.22. The Morgan fingerprint density at radius 3 is 2.27 bits per heavy atom. The van der Waals surface area contributed by atoms with Crippen molar-refractivity contribution in [3.05, 3.63) is 24.3 Å². The number of halogens is 3. The second-order valence-electron chi connectivity index (χ2n) is 5.29. The van der Waals surface area contributed by atoms with Gasteiger partial charge < -0.3 is 10.1 Å². The van der Waals surface area contributed by atoms with Crippen molar-refractivity contribution < 1.29 is 26.3 Å². The summed E-state index contributed by atoms with van der Waals surface area (Å²) in [6.07, 6.45) is -4.95. The van der Waals surface area contributed by atoms with E-state index in [1.54, 1.807) is 0 Å². The molecule has 1 saturated heterocycles. The zero-order chi connectivity index (χ0) is 16.5. The van der Waals surface area contributed by atoms with Gasteiger partial charge >= 0.3 is 6.36 Å². The van der Waals surface area contributed by atoms with Crippen LogP contribution in [0.1, 0.15) is 13.8 Å². The highest BCUT2D eigenvalue weighted by molar-refractivity contribution is 7.89. The lowest BCUT2D eigenvalue weighted by atomic mass is 10.2. The molecule has 1 aromatic rings. The number of piperazine rings is 1. The van der Waals surface area contributed by atoms with E-state index in [0.29, 0.717) is 0 Å². The second kappa shape index (κ2) is 6.05. The third kappa shape index (κ3) is 3.90. The summed E-state index contributed by atoms with van der Waals surface area (Å²) in [5.74, 6) is -0.714. The predicted molar refractivity (Wildman–Crippen MR) is 73.9 cm³/mol. The van der Waals surface area contributed by atoms with Crippen LogP contribution < -0.4 is 10.1 Å². The van der Waals surface area contributed by atoms with Crippen LogP contribution in [0.3, 0.4) is 0 Å². The summed E-state index contributed by atoms with van der Waals surface area (Å²) >= 11 is 0. The smallest absolute Gasteiger partial charge is 0.404 e. The van der Waals surface area contributed by atoms with E-state index < -0.39 is 27.0 Å². The number of para-hydroxylation sites is 1. The Morgan fingerprint density at radius 1 is 1.18 bits per heavy atom. The van der Waals surface area contributed by atoms with Crippen molar-refractivity contribution in [2.24, 2.45) is 0 Å². The molecule has 0 spiro atoms. The molecule has 0 aromatic heterocycles. The molecule has 2 atom stereocenters. The van der Waals surface area contributed by atoms with Gasteiger partial charge in [0.1, 0.15) is 10.6 Å². The first kappa shape index (κ1) is 17.0. The Morgan fingerprint density at radius 2 is 1.73 bits per heavy atom. The molecule has 5 nitrogen and oxygen atoms in total.